The van der Waals surface area contributed by atoms with Crippen LogP contribution in [0.3, 0.4) is 0 Å². The van der Waals surface area contributed by atoms with Crippen LogP contribution in [0.15, 0.2) is 47.3 Å². The van der Waals surface area contributed by atoms with Gasteiger partial charge in [-0.3, -0.25) is 4.79 Å². The Hall–Kier alpha value is -2.77. The number of anilines is 3. The molecule has 3 aromatic rings. The third-order valence-corrected chi connectivity index (χ3v) is 6.83. The predicted molar refractivity (Wildman–Crippen MR) is 132 cm³/mol. The number of benzene rings is 2. The van der Waals surface area contributed by atoms with Crippen LogP contribution in [-0.2, 0) is 0 Å². The van der Waals surface area contributed by atoms with E-state index in [4.69, 9.17) is 11.6 Å². The van der Waals surface area contributed by atoms with Gasteiger partial charge in [0.15, 0.2) is 5.15 Å². The average molecular weight is 453 g/mol. The maximum atomic E-state index is 12.0. The highest BCUT2D eigenvalue weighted by atomic mass is 35.5. The Kier molecular flexibility index (Phi) is 6.19. The van der Waals surface area contributed by atoms with Crippen molar-refractivity contribution in [2.75, 3.05) is 67.5 Å². The van der Waals surface area contributed by atoms with Gasteiger partial charge in [0.25, 0.3) is 5.56 Å². The third-order valence-electron chi connectivity index (χ3n) is 6.54. The Morgan fingerprint density at radius 1 is 0.906 bits per heavy atom. The van der Waals surface area contributed by atoms with Gasteiger partial charge in [-0.05, 0) is 62.3 Å². The molecule has 7 nitrogen and oxygen atoms in total. The summed E-state index contributed by atoms with van der Waals surface area (Å²) < 4.78 is 0. The lowest BCUT2D eigenvalue weighted by molar-refractivity contribution is 0.352. The van der Waals surface area contributed by atoms with Crippen LogP contribution in [-0.4, -0.2) is 67.5 Å². The van der Waals surface area contributed by atoms with Gasteiger partial charge in [0.1, 0.15) is 0 Å². The number of hydrogen-bond donors (Lipinski definition) is 2. The van der Waals surface area contributed by atoms with Crippen molar-refractivity contribution in [3.8, 4) is 0 Å². The van der Waals surface area contributed by atoms with Gasteiger partial charge in [-0.25, -0.2) is 5.10 Å². The quantitative estimate of drug-likeness (QED) is 0.597. The monoisotopic (exact) mass is 452 g/mol. The molecule has 8 heteroatoms. The van der Waals surface area contributed by atoms with Crippen molar-refractivity contribution in [1.29, 1.82) is 0 Å². The fourth-order valence-electron chi connectivity index (χ4n) is 4.72. The number of nitrogens with one attached hydrogen (secondary N) is 2. The maximum Gasteiger partial charge on any atom is 0.272 e. The lowest BCUT2D eigenvalue weighted by atomic mass is 10.1. The lowest BCUT2D eigenvalue weighted by Crippen LogP contribution is -2.46. The normalized spacial score (nSPS) is 17.3. The number of halogens is 1. The zero-order valence-electron chi connectivity index (χ0n) is 18.2. The van der Waals surface area contributed by atoms with Crippen LogP contribution in [0.1, 0.15) is 12.8 Å². The smallest absolute Gasteiger partial charge is 0.272 e. The molecule has 0 spiro atoms. The molecule has 0 aliphatic carbocycles. The second-order valence-electron chi connectivity index (χ2n) is 8.57. The van der Waals surface area contributed by atoms with E-state index >= 15 is 0 Å². The zero-order valence-corrected chi connectivity index (χ0v) is 18.9. The van der Waals surface area contributed by atoms with E-state index in [2.05, 4.69) is 54.5 Å². The molecule has 2 saturated heterocycles. The summed E-state index contributed by atoms with van der Waals surface area (Å²) in [6.45, 7) is 8.27. The molecule has 32 heavy (non-hydrogen) atoms. The summed E-state index contributed by atoms with van der Waals surface area (Å²) in [5.41, 5.74) is 3.30. The Labute approximate surface area is 193 Å². The molecular formula is C24H29ClN6O. The molecule has 0 saturated carbocycles. The molecule has 2 fully saturated rings. The minimum atomic E-state index is -0.213. The molecule has 3 heterocycles. The molecule has 2 aliphatic heterocycles. The zero-order chi connectivity index (χ0) is 21.9. The summed E-state index contributed by atoms with van der Waals surface area (Å²) in [6, 6.07) is 14.5. The minimum absolute atomic E-state index is 0.213. The number of aromatic nitrogens is 2. The van der Waals surface area contributed by atoms with Crippen molar-refractivity contribution >= 4 is 39.4 Å². The van der Waals surface area contributed by atoms with Crippen LogP contribution in [0.4, 0.5) is 17.1 Å². The van der Waals surface area contributed by atoms with Gasteiger partial charge in [-0.15, -0.1) is 0 Å². The maximum absolute atomic E-state index is 12.0. The van der Waals surface area contributed by atoms with E-state index in [9.17, 15) is 4.79 Å². The van der Waals surface area contributed by atoms with E-state index in [1.165, 1.54) is 37.3 Å². The molecule has 0 bridgehead atoms. The van der Waals surface area contributed by atoms with Crippen molar-refractivity contribution in [2.45, 2.75) is 12.8 Å². The van der Waals surface area contributed by atoms with Crippen molar-refractivity contribution in [3.05, 3.63) is 58.0 Å². The van der Waals surface area contributed by atoms with E-state index in [1.54, 1.807) is 0 Å². The first-order chi connectivity index (χ1) is 15.7. The first kappa shape index (κ1) is 21.1. The van der Waals surface area contributed by atoms with Crippen molar-refractivity contribution in [2.24, 2.45) is 0 Å². The van der Waals surface area contributed by atoms with E-state index < -0.39 is 0 Å². The van der Waals surface area contributed by atoms with Gasteiger partial charge >= 0.3 is 0 Å². The Morgan fingerprint density at radius 3 is 2.38 bits per heavy atom. The summed E-state index contributed by atoms with van der Waals surface area (Å²) in [5, 5.41) is 11.5. The van der Waals surface area contributed by atoms with E-state index in [-0.39, 0.29) is 5.56 Å². The fraction of sp³-hybridized carbons (Fsp3) is 0.417. The highest BCUT2D eigenvalue weighted by Gasteiger charge is 2.19. The number of nitrogens with zero attached hydrogens (tertiary/aromatic N) is 4. The van der Waals surface area contributed by atoms with E-state index in [0.29, 0.717) is 15.9 Å². The van der Waals surface area contributed by atoms with Crippen LogP contribution in [0, 0.1) is 0 Å². The van der Waals surface area contributed by atoms with Crippen LogP contribution >= 0.6 is 11.6 Å². The number of likely N-dealkylation sites (tertiary alicyclic amines) is 1. The molecule has 1 aromatic heterocycles. The van der Waals surface area contributed by atoms with E-state index in [1.807, 2.05) is 18.2 Å². The summed E-state index contributed by atoms with van der Waals surface area (Å²) >= 11 is 6.21. The molecule has 0 radical (unpaired) electrons. The summed E-state index contributed by atoms with van der Waals surface area (Å²) in [7, 11) is 0. The van der Waals surface area contributed by atoms with Crippen LogP contribution in [0.2, 0.25) is 5.15 Å². The van der Waals surface area contributed by atoms with Crippen molar-refractivity contribution in [3.63, 3.8) is 0 Å². The number of hydrogen-bond acceptors (Lipinski definition) is 6. The fourth-order valence-corrected chi connectivity index (χ4v) is 4.92. The largest absolute Gasteiger partial charge is 0.384 e. The summed E-state index contributed by atoms with van der Waals surface area (Å²) in [4.78, 5) is 19.3. The first-order valence-electron chi connectivity index (χ1n) is 11.4. The van der Waals surface area contributed by atoms with Gasteiger partial charge in [0.05, 0.1) is 5.39 Å². The van der Waals surface area contributed by atoms with Gasteiger partial charge in [0, 0.05) is 61.7 Å². The van der Waals surface area contributed by atoms with Crippen LogP contribution in [0.25, 0.3) is 10.8 Å². The van der Waals surface area contributed by atoms with Crippen molar-refractivity contribution < 1.29 is 0 Å². The molecular weight excluding hydrogens is 424 g/mol. The summed E-state index contributed by atoms with van der Waals surface area (Å²) in [5.74, 6) is 0. The Balaban J connectivity index is 1.21. The number of aromatic amines is 1. The molecule has 2 aliphatic rings. The third kappa shape index (κ3) is 4.54. The highest BCUT2D eigenvalue weighted by Crippen LogP contribution is 2.27. The number of piperazine rings is 1. The SMILES string of the molecule is O=c1[nH]nc(Cl)c2cc(N3CCN(c4cccc(NCCN5CCCC5)c4)CC3)ccc12. The van der Waals surface area contributed by atoms with E-state index in [0.717, 1.165) is 45.0 Å². The van der Waals surface area contributed by atoms with Gasteiger partial charge in [-0.2, -0.15) is 5.10 Å². The number of H-pyrrole nitrogens is 1. The average Bonchev–Trinajstić information content (AvgIpc) is 3.35. The molecule has 0 amide bonds. The molecule has 0 atom stereocenters. The summed E-state index contributed by atoms with van der Waals surface area (Å²) in [6.07, 6.45) is 2.67. The number of fused-ring (bicyclic) bond motifs is 1. The second-order valence-corrected chi connectivity index (χ2v) is 8.93. The van der Waals surface area contributed by atoms with Crippen molar-refractivity contribution in [1.82, 2.24) is 15.1 Å². The Morgan fingerprint density at radius 2 is 1.62 bits per heavy atom. The first-order valence-corrected chi connectivity index (χ1v) is 11.8. The topological polar surface area (TPSA) is 67.5 Å². The molecule has 5 rings (SSSR count). The Bertz CT molecular complexity index is 1130. The molecule has 2 aromatic carbocycles. The van der Waals surface area contributed by atoms with Gasteiger partial charge in [-0.1, -0.05) is 17.7 Å². The molecule has 0 unspecified atom stereocenters. The van der Waals surface area contributed by atoms with Crippen LogP contribution < -0.4 is 20.7 Å². The minimum Gasteiger partial charge on any atom is -0.384 e. The molecule has 168 valence electrons. The van der Waals surface area contributed by atoms with Gasteiger partial charge in [0.2, 0.25) is 0 Å². The second kappa shape index (κ2) is 9.38. The lowest BCUT2D eigenvalue weighted by Gasteiger charge is -2.37. The molecule has 2 N–H and O–H groups in total. The van der Waals surface area contributed by atoms with Gasteiger partial charge < -0.3 is 20.0 Å². The van der Waals surface area contributed by atoms with Crippen LogP contribution in [0.5, 0.6) is 0 Å². The highest BCUT2D eigenvalue weighted by molar-refractivity contribution is 6.34. The standard InChI is InChI=1S/C24H29ClN6O/c25-23-22-17-20(6-7-21(22)24(32)28-27-23)31-14-12-30(13-15-31)19-5-3-4-18(16-19)26-8-11-29-9-1-2-10-29/h3-7,16-17,26H,1-2,8-15H2,(H,28,32). The number of rotatable bonds is 6. The predicted octanol–water partition coefficient (Wildman–Crippen LogP) is 3.41.